The van der Waals surface area contributed by atoms with Crippen molar-refractivity contribution >= 4 is 5.97 Å². The second kappa shape index (κ2) is 3.91. The van der Waals surface area contributed by atoms with E-state index in [1.807, 2.05) is 0 Å². The molecule has 0 amide bonds. The van der Waals surface area contributed by atoms with Gasteiger partial charge in [-0.15, -0.1) is 0 Å². The zero-order valence-electron chi connectivity index (χ0n) is 9.63. The summed E-state index contributed by atoms with van der Waals surface area (Å²) in [4.78, 5) is 10.5. The number of alkyl halides is 5. The Morgan fingerprint density at radius 1 is 1.53 bits per heavy atom. The lowest BCUT2D eigenvalue weighted by molar-refractivity contribution is -0.144. The van der Waals surface area contributed by atoms with E-state index >= 15 is 0 Å². The van der Waals surface area contributed by atoms with E-state index in [1.165, 1.54) is 0 Å². The number of aliphatic carboxylic acids is 1. The van der Waals surface area contributed by atoms with E-state index in [4.69, 9.17) is 5.11 Å². The molecule has 0 saturated carbocycles. The first-order chi connectivity index (χ1) is 8.55. The van der Waals surface area contributed by atoms with Gasteiger partial charge in [-0.05, 0) is 6.42 Å². The number of aromatic nitrogens is 2. The molecule has 0 aromatic carbocycles. The van der Waals surface area contributed by atoms with Gasteiger partial charge in [-0.1, -0.05) is 6.92 Å². The number of rotatable bonds is 2. The predicted molar refractivity (Wildman–Crippen MR) is 51.6 cm³/mol. The number of hydrogen-bond donors (Lipinski definition) is 1. The highest BCUT2D eigenvalue weighted by Gasteiger charge is 2.54. The van der Waals surface area contributed by atoms with Crippen LogP contribution in [0.4, 0.5) is 22.0 Å². The average Bonchev–Trinajstić information content (AvgIpc) is 2.64. The minimum atomic E-state index is -4.88. The number of carboxylic acid groups (broad SMARTS) is 1. The van der Waals surface area contributed by atoms with Gasteiger partial charge in [0, 0.05) is 11.5 Å². The van der Waals surface area contributed by atoms with Gasteiger partial charge >= 0.3 is 12.1 Å². The van der Waals surface area contributed by atoms with Crippen LogP contribution in [0.25, 0.3) is 0 Å². The van der Waals surface area contributed by atoms with E-state index in [0.717, 1.165) is 6.92 Å². The van der Waals surface area contributed by atoms with Crippen LogP contribution in [0.2, 0.25) is 0 Å². The molecule has 9 heteroatoms. The molecule has 1 heterocycles. The molecule has 2 rings (SSSR count). The summed E-state index contributed by atoms with van der Waals surface area (Å²) in [6, 6.07) is 0. The summed E-state index contributed by atoms with van der Waals surface area (Å²) < 4.78 is 66.0. The Bertz CT molecular complexity index is 535. The molecule has 0 saturated heterocycles. The number of carboxylic acids is 1. The lowest BCUT2D eigenvalue weighted by Crippen LogP contribution is -2.25. The van der Waals surface area contributed by atoms with E-state index in [0.29, 0.717) is 0 Å². The molecule has 0 unspecified atom stereocenters. The van der Waals surface area contributed by atoms with E-state index in [1.54, 1.807) is 0 Å². The second-order valence-electron chi connectivity index (χ2n) is 4.45. The number of nitrogens with zero attached hydrogens (tertiary/aromatic N) is 2. The van der Waals surface area contributed by atoms with Crippen molar-refractivity contribution in [3.8, 4) is 0 Å². The maximum absolute atomic E-state index is 13.8. The SMILES string of the molecule is C[C@@H]1Cc2c(C(F)(F)F)nn(CC(=O)O)c2C1(F)F. The average molecular weight is 284 g/mol. The van der Waals surface area contributed by atoms with Gasteiger partial charge < -0.3 is 5.11 Å². The Hall–Kier alpha value is -1.67. The summed E-state index contributed by atoms with van der Waals surface area (Å²) in [6.45, 7) is 0.0893. The molecular weight excluding hydrogens is 275 g/mol. The molecular formula is C10H9F5N2O2. The van der Waals surface area contributed by atoms with Crippen molar-refractivity contribution < 1.29 is 31.9 Å². The molecule has 0 aliphatic heterocycles. The second-order valence-corrected chi connectivity index (χ2v) is 4.45. The summed E-state index contributed by atoms with van der Waals surface area (Å²) in [5.74, 6) is -6.36. The van der Waals surface area contributed by atoms with E-state index in [9.17, 15) is 26.7 Å². The fraction of sp³-hybridized carbons (Fsp3) is 0.600. The van der Waals surface area contributed by atoms with Crippen LogP contribution in [-0.4, -0.2) is 20.9 Å². The largest absolute Gasteiger partial charge is 0.480 e. The van der Waals surface area contributed by atoms with Crippen molar-refractivity contribution in [2.45, 2.75) is 32.0 Å². The minimum Gasteiger partial charge on any atom is -0.480 e. The van der Waals surface area contributed by atoms with Gasteiger partial charge in [-0.2, -0.15) is 27.1 Å². The number of fused-ring (bicyclic) bond motifs is 1. The number of carbonyl (C=O) groups is 1. The van der Waals surface area contributed by atoms with Gasteiger partial charge in [-0.25, -0.2) is 0 Å². The molecule has 4 nitrogen and oxygen atoms in total. The zero-order valence-corrected chi connectivity index (χ0v) is 9.63. The van der Waals surface area contributed by atoms with Crippen molar-refractivity contribution in [3.63, 3.8) is 0 Å². The van der Waals surface area contributed by atoms with Crippen molar-refractivity contribution in [1.82, 2.24) is 9.78 Å². The zero-order chi connectivity index (χ0) is 14.6. The summed E-state index contributed by atoms with van der Waals surface area (Å²) in [5.41, 5.74) is -2.96. The normalized spacial score (nSPS) is 21.5. The molecule has 0 spiro atoms. The van der Waals surface area contributed by atoms with Crippen molar-refractivity contribution in [2.75, 3.05) is 0 Å². The molecule has 0 bridgehead atoms. The van der Waals surface area contributed by atoms with Gasteiger partial charge in [0.15, 0.2) is 5.69 Å². The third-order valence-electron chi connectivity index (χ3n) is 3.05. The van der Waals surface area contributed by atoms with Crippen molar-refractivity contribution in [3.05, 3.63) is 17.0 Å². The first-order valence-electron chi connectivity index (χ1n) is 5.32. The molecule has 1 aromatic rings. The van der Waals surface area contributed by atoms with Crippen molar-refractivity contribution in [2.24, 2.45) is 5.92 Å². The number of hydrogen-bond acceptors (Lipinski definition) is 2. The Labute approximate surface area is 103 Å². The van der Waals surface area contributed by atoms with E-state index in [-0.39, 0.29) is 4.68 Å². The predicted octanol–water partition coefficient (Wildman–Crippen LogP) is 2.27. The smallest absolute Gasteiger partial charge is 0.435 e. The Morgan fingerprint density at radius 3 is 2.58 bits per heavy atom. The monoisotopic (exact) mass is 284 g/mol. The van der Waals surface area contributed by atoms with Crippen LogP contribution in [-0.2, 0) is 29.9 Å². The third-order valence-corrected chi connectivity index (χ3v) is 3.05. The maximum atomic E-state index is 13.8. The molecule has 1 aromatic heterocycles. The molecule has 106 valence electrons. The lowest BCUT2D eigenvalue weighted by Gasteiger charge is -2.17. The Balaban J connectivity index is 2.63. The molecule has 0 fully saturated rings. The highest BCUT2D eigenvalue weighted by atomic mass is 19.4. The lowest BCUT2D eigenvalue weighted by atomic mass is 10.1. The Morgan fingerprint density at radius 2 is 2.11 bits per heavy atom. The van der Waals surface area contributed by atoms with Gasteiger partial charge in [-0.3, -0.25) is 9.48 Å². The Kier molecular flexibility index (Phi) is 2.83. The van der Waals surface area contributed by atoms with Crippen molar-refractivity contribution in [1.29, 1.82) is 0 Å². The van der Waals surface area contributed by atoms with Gasteiger partial charge in [0.2, 0.25) is 0 Å². The summed E-state index contributed by atoms with van der Waals surface area (Å²) >= 11 is 0. The van der Waals surface area contributed by atoms with Crippen LogP contribution >= 0.6 is 0 Å². The fourth-order valence-corrected chi connectivity index (χ4v) is 2.20. The highest BCUT2D eigenvalue weighted by molar-refractivity contribution is 5.66. The van der Waals surface area contributed by atoms with Gasteiger partial charge in [0.05, 0.1) is 0 Å². The minimum absolute atomic E-state index is 0.240. The van der Waals surface area contributed by atoms with Gasteiger partial charge in [0.25, 0.3) is 5.92 Å². The fourth-order valence-electron chi connectivity index (χ4n) is 2.20. The first kappa shape index (κ1) is 13.8. The highest BCUT2D eigenvalue weighted by Crippen LogP contribution is 2.49. The van der Waals surface area contributed by atoms with Gasteiger partial charge in [0.1, 0.15) is 12.2 Å². The van der Waals surface area contributed by atoms with Crippen LogP contribution in [0.15, 0.2) is 0 Å². The van der Waals surface area contributed by atoms with Crippen LogP contribution in [0.3, 0.4) is 0 Å². The topological polar surface area (TPSA) is 55.1 Å². The number of halogens is 5. The first-order valence-corrected chi connectivity index (χ1v) is 5.32. The molecule has 0 radical (unpaired) electrons. The van der Waals surface area contributed by atoms with Crippen LogP contribution in [0.1, 0.15) is 23.9 Å². The van der Waals surface area contributed by atoms with E-state index in [2.05, 4.69) is 5.10 Å². The van der Waals surface area contributed by atoms with Crippen LogP contribution < -0.4 is 0 Å². The third kappa shape index (κ3) is 2.06. The molecule has 19 heavy (non-hydrogen) atoms. The van der Waals surface area contributed by atoms with Crippen LogP contribution in [0.5, 0.6) is 0 Å². The molecule has 1 atom stereocenters. The quantitative estimate of drug-likeness (QED) is 0.848. The maximum Gasteiger partial charge on any atom is 0.435 e. The summed E-state index contributed by atoms with van der Waals surface area (Å²) in [6.07, 6.45) is -5.36. The van der Waals surface area contributed by atoms with E-state index < -0.39 is 53.9 Å². The van der Waals surface area contributed by atoms with Crippen LogP contribution in [0, 0.1) is 5.92 Å². The molecule has 1 aliphatic carbocycles. The summed E-state index contributed by atoms with van der Waals surface area (Å²) in [7, 11) is 0. The summed E-state index contributed by atoms with van der Waals surface area (Å²) in [5, 5.41) is 11.6. The molecule has 1 aliphatic rings. The standard InChI is InChI=1S/C10H9F5N2O2/c1-4-2-5-7(10(13,14)15)16-17(3-6(18)19)8(5)9(4,11)12/h4H,2-3H2,1H3,(H,18,19)/t4-/m1/s1. The molecule has 1 N–H and O–H groups in total.